The van der Waals surface area contributed by atoms with Gasteiger partial charge in [-0.25, -0.2) is 0 Å². The van der Waals surface area contributed by atoms with Crippen LogP contribution in [0.4, 0.5) is 0 Å². The van der Waals surface area contributed by atoms with Crippen LogP contribution in [0.25, 0.3) is 0 Å². The molecule has 5 heteroatoms. The summed E-state index contributed by atoms with van der Waals surface area (Å²) in [4.78, 5) is 22.8. The Hall–Kier alpha value is -1.88. The van der Waals surface area contributed by atoms with Crippen molar-refractivity contribution in [3.05, 3.63) is 35.4 Å². The third kappa shape index (κ3) is 4.56. The van der Waals surface area contributed by atoms with Crippen molar-refractivity contribution in [2.24, 2.45) is 5.92 Å². The molecule has 2 rings (SSSR count). The van der Waals surface area contributed by atoms with Crippen LogP contribution in [-0.4, -0.2) is 30.1 Å². The van der Waals surface area contributed by atoms with Gasteiger partial charge in [0.2, 0.25) is 5.91 Å². The number of carboxylic acids is 1. The Labute approximate surface area is 130 Å². The molecule has 1 aromatic carbocycles. The number of aliphatic carboxylic acids is 1. The highest BCUT2D eigenvalue weighted by Gasteiger charge is 2.32. The SMILES string of the molecule is Cc1ccc(C2OCCCC2C(=O)NCCCC(=O)O)cc1. The fraction of sp³-hybridized carbons (Fsp3) is 0.529. The van der Waals surface area contributed by atoms with Crippen LogP contribution in [0.5, 0.6) is 0 Å². The lowest BCUT2D eigenvalue weighted by molar-refractivity contribution is -0.138. The fourth-order valence-electron chi connectivity index (χ4n) is 2.72. The van der Waals surface area contributed by atoms with Crippen molar-refractivity contribution >= 4 is 11.9 Å². The second-order valence-electron chi connectivity index (χ2n) is 5.74. The van der Waals surface area contributed by atoms with E-state index in [0.29, 0.717) is 19.6 Å². The predicted molar refractivity (Wildman–Crippen MR) is 82.5 cm³/mol. The number of ether oxygens (including phenoxy) is 1. The zero-order valence-electron chi connectivity index (χ0n) is 12.9. The van der Waals surface area contributed by atoms with Gasteiger partial charge in [0.15, 0.2) is 0 Å². The predicted octanol–water partition coefficient (Wildman–Crippen LogP) is 2.44. The van der Waals surface area contributed by atoms with Crippen molar-refractivity contribution in [1.82, 2.24) is 5.32 Å². The fourth-order valence-corrected chi connectivity index (χ4v) is 2.72. The van der Waals surface area contributed by atoms with Gasteiger partial charge < -0.3 is 15.2 Å². The summed E-state index contributed by atoms with van der Waals surface area (Å²) in [5, 5.41) is 11.4. The maximum Gasteiger partial charge on any atom is 0.303 e. The van der Waals surface area contributed by atoms with Crippen LogP contribution in [0.15, 0.2) is 24.3 Å². The summed E-state index contributed by atoms with van der Waals surface area (Å²) in [5.74, 6) is -1.09. The Kier molecular flexibility index (Phi) is 5.95. The van der Waals surface area contributed by atoms with Gasteiger partial charge in [0.05, 0.1) is 12.0 Å². The van der Waals surface area contributed by atoms with Gasteiger partial charge in [-0.2, -0.15) is 0 Å². The largest absolute Gasteiger partial charge is 0.481 e. The normalized spacial score (nSPS) is 21.3. The molecule has 2 unspecified atom stereocenters. The van der Waals surface area contributed by atoms with Gasteiger partial charge in [-0.3, -0.25) is 9.59 Å². The van der Waals surface area contributed by atoms with Crippen LogP contribution in [0.1, 0.15) is 42.9 Å². The number of rotatable bonds is 6. The van der Waals surface area contributed by atoms with Gasteiger partial charge >= 0.3 is 5.97 Å². The van der Waals surface area contributed by atoms with Gasteiger partial charge in [0, 0.05) is 19.6 Å². The number of amides is 1. The molecule has 0 saturated carbocycles. The number of hydrogen-bond donors (Lipinski definition) is 2. The number of benzene rings is 1. The molecule has 2 atom stereocenters. The van der Waals surface area contributed by atoms with Crippen LogP contribution >= 0.6 is 0 Å². The van der Waals surface area contributed by atoms with E-state index in [1.807, 2.05) is 31.2 Å². The van der Waals surface area contributed by atoms with Gasteiger partial charge in [0.25, 0.3) is 0 Å². The first-order chi connectivity index (χ1) is 10.6. The van der Waals surface area contributed by atoms with E-state index in [2.05, 4.69) is 5.32 Å². The van der Waals surface area contributed by atoms with Crippen molar-refractivity contribution in [3.8, 4) is 0 Å². The quantitative estimate of drug-likeness (QED) is 0.792. The summed E-state index contributed by atoms with van der Waals surface area (Å²) in [7, 11) is 0. The molecule has 5 nitrogen and oxygen atoms in total. The number of carbonyl (C=O) groups is 2. The molecule has 1 fully saturated rings. The molecule has 1 saturated heterocycles. The van der Waals surface area contributed by atoms with Gasteiger partial charge in [-0.15, -0.1) is 0 Å². The molecule has 0 radical (unpaired) electrons. The van der Waals surface area contributed by atoms with E-state index >= 15 is 0 Å². The zero-order valence-corrected chi connectivity index (χ0v) is 12.9. The standard InChI is InChI=1S/C17H23NO4/c1-12-6-8-13(9-7-12)16-14(4-3-11-22-16)17(21)18-10-2-5-15(19)20/h6-9,14,16H,2-5,10-11H2,1H3,(H,18,21)(H,19,20). The van der Waals surface area contributed by atoms with Crippen molar-refractivity contribution in [2.75, 3.05) is 13.2 Å². The Bertz CT molecular complexity index is 512. The van der Waals surface area contributed by atoms with Crippen LogP contribution in [-0.2, 0) is 14.3 Å². The van der Waals surface area contributed by atoms with Crippen molar-refractivity contribution < 1.29 is 19.4 Å². The number of aryl methyl sites for hydroxylation is 1. The minimum atomic E-state index is -0.840. The molecular formula is C17H23NO4. The second kappa shape index (κ2) is 7.94. The summed E-state index contributed by atoms with van der Waals surface area (Å²) in [5.41, 5.74) is 2.20. The molecule has 1 aliphatic rings. The summed E-state index contributed by atoms with van der Waals surface area (Å²) < 4.78 is 5.83. The number of nitrogens with one attached hydrogen (secondary N) is 1. The van der Waals surface area contributed by atoms with E-state index < -0.39 is 5.97 Å². The minimum absolute atomic E-state index is 0.0457. The van der Waals surface area contributed by atoms with Crippen molar-refractivity contribution in [2.45, 2.75) is 38.7 Å². The van der Waals surface area contributed by atoms with Crippen LogP contribution in [0.3, 0.4) is 0 Å². The molecule has 1 aromatic rings. The lowest BCUT2D eigenvalue weighted by atomic mass is 9.88. The number of hydrogen-bond acceptors (Lipinski definition) is 3. The molecule has 0 spiro atoms. The molecule has 120 valence electrons. The molecule has 0 aromatic heterocycles. The van der Waals surface area contributed by atoms with E-state index in [-0.39, 0.29) is 24.3 Å². The lowest BCUT2D eigenvalue weighted by Crippen LogP contribution is -2.38. The highest BCUT2D eigenvalue weighted by Crippen LogP contribution is 2.33. The Morgan fingerprint density at radius 1 is 1.32 bits per heavy atom. The van der Waals surface area contributed by atoms with Crippen LogP contribution in [0, 0.1) is 12.8 Å². The first-order valence-corrected chi connectivity index (χ1v) is 7.75. The van der Waals surface area contributed by atoms with Crippen molar-refractivity contribution in [3.63, 3.8) is 0 Å². The molecule has 0 bridgehead atoms. The van der Waals surface area contributed by atoms with Crippen LogP contribution < -0.4 is 5.32 Å². The van der Waals surface area contributed by atoms with E-state index in [1.165, 1.54) is 5.56 Å². The molecule has 1 aliphatic heterocycles. The Morgan fingerprint density at radius 2 is 2.05 bits per heavy atom. The summed E-state index contributed by atoms with van der Waals surface area (Å²) in [6.07, 6.45) is 1.97. The maximum atomic E-state index is 12.4. The topological polar surface area (TPSA) is 75.6 Å². The van der Waals surface area contributed by atoms with Gasteiger partial charge in [-0.1, -0.05) is 29.8 Å². The first-order valence-electron chi connectivity index (χ1n) is 7.75. The third-order valence-electron chi connectivity index (χ3n) is 3.93. The van der Waals surface area contributed by atoms with E-state index in [0.717, 1.165) is 18.4 Å². The number of carboxylic acid groups (broad SMARTS) is 1. The van der Waals surface area contributed by atoms with E-state index in [1.54, 1.807) is 0 Å². The maximum absolute atomic E-state index is 12.4. The summed E-state index contributed by atoms with van der Waals surface area (Å²) >= 11 is 0. The molecule has 1 heterocycles. The summed E-state index contributed by atoms with van der Waals surface area (Å²) in [6.45, 7) is 3.09. The van der Waals surface area contributed by atoms with Crippen molar-refractivity contribution in [1.29, 1.82) is 0 Å². The molecule has 22 heavy (non-hydrogen) atoms. The van der Waals surface area contributed by atoms with Gasteiger partial charge in [0.1, 0.15) is 0 Å². The molecular weight excluding hydrogens is 282 g/mol. The summed E-state index contributed by atoms with van der Waals surface area (Å²) in [6, 6.07) is 8.07. The zero-order chi connectivity index (χ0) is 15.9. The smallest absolute Gasteiger partial charge is 0.303 e. The molecule has 2 N–H and O–H groups in total. The third-order valence-corrected chi connectivity index (χ3v) is 3.93. The van der Waals surface area contributed by atoms with E-state index in [9.17, 15) is 9.59 Å². The number of carbonyl (C=O) groups excluding carboxylic acids is 1. The first kappa shape index (κ1) is 16.5. The Morgan fingerprint density at radius 3 is 2.73 bits per heavy atom. The van der Waals surface area contributed by atoms with E-state index in [4.69, 9.17) is 9.84 Å². The Balaban J connectivity index is 1.95. The minimum Gasteiger partial charge on any atom is -0.481 e. The average Bonchev–Trinajstić information content (AvgIpc) is 2.52. The molecule has 0 aliphatic carbocycles. The highest BCUT2D eigenvalue weighted by atomic mass is 16.5. The molecule has 1 amide bonds. The monoisotopic (exact) mass is 305 g/mol. The highest BCUT2D eigenvalue weighted by molar-refractivity contribution is 5.79. The van der Waals surface area contributed by atoms with Crippen LogP contribution in [0.2, 0.25) is 0 Å². The lowest BCUT2D eigenvalue weighted by Gasteiger charge is -2.31. The van der Waals surface area contributed by atoms with Gasteiger partial charge in [-0.05, 0) is 31.7 Å². The average molecular weight is 305 g/mol. The second-order valence-corrected chi connectivity index (χ2v) is 5.74.